The van der Waals surface area contributed by atoms with Crippen molar-refractivity contribution >= 4 is 28.9 Å². The third-order valence-electron chi connectivity index (χ3n) is 1.86. The Labute approximate surface area is 104 Å². The molecule has 90 valence electrons. The minimum atomic E-state index is -0.502. The lowest BCUT2D eigenvalue weighted by Gasteiger charge is -2.14. The SMILES string of the molecule is CCCNC(C(=O)OCC)c1ncc(Cl)s1. The number of hydrogen-bond donors (Lipinski definition) is 1. The van der Waals surface area contributed by atoms with Gasteiger partial charge in [0.05, 0.1) is 12.8 Å². The Bertz CT molecular complexity index is 343. The molecule has 1 atom stereocenters. The number of thiazole rings is 1. The smallest absolute Gasteiger partial charge is 0.330 e. The predicted octanol–water partition coefficient (Wildman–Crippen LogP) is 2.40. The van der Waals surface area contributed by atoms with Crippen LogP contribution in [0.4, 0.5) is 0 Å². The topological polar surface area (TPSA) is 51.2 Å². The van der Waals surface area contributed by atoms with Crippen molar-refractivity contribution in [2.24, 2.45) is 0 Å². The zero-order valence-electron chi connectivity index (χ0n) is 9.33. The third kappa shape index (κ3) is 3.73. The maximum absolute atomic E-state index is 11.7. The molecule has 0 spiro atoms. The van der Waals surface area contributed by atoms with E-state index in [1.54, 1.807) is 13.1 Å². The Morgan fingerprint density at radius 2 is 2.44 bits per heavy atom. The minimum Gasteiger partial charge on any atom is -0.465 e. The molecule has 6 heteroatoms. The number of nitrogens with zero attached hydrogens (tertiary/aromatic N) is 1. The molecule has 1 aromatic rings. The maximum Gasteiger partial charge on any atom is 0.330 e. The second-order valence-corrected chi connectivity index (χ2v) is 4.84. The summed E-state index contributed by atoms with van der Waals surface area (Å²) >= 11 is 7.09. The molecule has 0 bridgehead atoms. The molecule has 0 saturated heterocycles. The molecule has 0 aliphatic carbocycles. The molecule has 4 nitrogen and oxygen atoms in total. The Kier molecular flexibility index (Phi) is 5.73. The van der Waals surface area contributed by atoms with Crippen molar-refractivity contribution in [1.82, 2.24) is 10.3 Å². The molecular formula is C10H15ClN2O2S. The lowest BCUT2D eigenvalue weighted by Crippen LogP contribution is -2.30. The molecule has 0 radical (unpaired) electrons. The number of halogens is 1. The quantitative estimate of drug-likeness (QED) is 0.800. The van der Waals surface area contributed by atoms with E-state index in [0.717, 1.165) is 13.0 Å². The minimum absolute atomic E-state index is 0.304. The fourth-order valence-electron chi connectivity index (χ4n) is 1.19. The number of nitrogens with one attached hydrogen (secondary N) is 1. The van der Waals surface area contributed by atoms with Crippen LogP contribution >= 0.6 is 22.9 Å². The zero-order chi connectivity index (χ0) is 12.0. The molecule has 0 aliphatic rings. The fourth-order valence-corrected chi connectivity index (χ4v) is 2.18. The number of rotatable bonds is 6. The molecule has 0 aliphatic heterocycles. The number of carbonyl (C=O) groups is 1. The van der Waals surface area contributed by atoms with Gasteiger partial charge in [-0.05, 0) is 19.9 Å². The molecule has 1 N–H and O–H groups in total. The highest BCUT2D eigenvalue weighted by Crippen LogP contribution is 2.24. The highest BCUT2D eigenvalue weighted by molar-refractivity contribution is 7.16. The second-order valence-electron chi connectivity index (χ2n) is 3.14. The molecule has 1 heterocycles. The first-order valence-corrected chi connectivity index (χ1v) is 6.39. The molecular weight excluding hydrogens is 248 g/mol. The van der Waals surface area contributed by atoms with Crippen LogP contribution in [0.25, 0.3) is 0 Å². The monoisotopic (exact) mass is 262 g/mol. The van der Waals surface area contributed by atoms with Crippen molar-refractivity contribution in [3.63, 3.8) is 0 Å². The van der Waals surface area contributed by atoms with Gasteiger partial charge >= 0.3 is 5.97 Å². The summed E-state index contributed by atoms with van der Waals surface area (Å²) in [7, 11) is 0. The van der Waals surface area contributed by atoms with Crippen LogP contribution in [0.1, 0.15) is 31.3 Å². The normalized spacial score (nSPS) is 12.4. The van der Waals surface area contributed by atoms with Gasteiger partial charge in [0.2, 0.25) is 0 Å². The first-order valence-electron chi connectivity index (χ1n) is 5.20. The maximum atomic E-state index is 11.7. The number of ether oxygens (including phenoxy) is 1. The van der Waals surface area contributed by atoms with E-state index in [1.807, 2.05) is 6.92 Å². The largest absolute Gasteiger partial charge is 0.465 e. The van der Waals surface area contributed by atoms with Gasteiger partial charge in [-0.2, -0.15) is 0 Å². The van der Waals surface area contributed by atoms with Crippen LogP contribution in [0, 0.1) is 0 Å². The van der Waals surface area contributed by atoms with Crippen LogP contribution in [-0.4, -0.2) is 24.1 Å². The summed E-state index contributed by atoms with van der Waals surface area (Å²) in [5.74, 6) is -0.304. The predicted molar refractivity (Wildman–Crippen MR) is 64.8 cm³/mol. The number of carbonyl (C=O) groups excluding carboxylic acids is 1. The van der Waals surface area contributed by atoms with E-state index in [0.29, 0.717) is 16.0 Å². The van der Waals surface area contributed by atoms with Crippen molar-refractivity contribution in [2.45, 2.75) is 26.3 Å². The highest BCUT2D eigenvalue weighted by atomic mass is 35.5. The Morgan fingerprint density at radius 3 is 2.94 bits per heavy atom. The molecule has 16 heavy (non-hydrogen) atoms. The first-order chi connectivity index (χ1) is 7.69. The lowest BCUT2D eigenvalue weighted by molar-refractivity contribution is -0.145. The molecule has 0 fully saturated rings. The van der Waals surface area contributed by atoms with E-state index >= 15 is 0 Å². The Balaban J connectivity index is 2.74. The van der Waals surface area contributed by atoms with Crippen LogP contribution in [0.5, 0.6) is 0 Å². The summed E-state index contributed by atoms with van der Waals surface area (Å²) in [5.41, 5.74) is 0. The van der Waals surface area contributed by atoms with Gasteiger partial charge in [0.1, 0.15) is 9.34 Å². The molecule has 1 rings (SSSR count). The fraction of sp³-hybridized carbons (Fsp3) is 0.600. The van der Waals surface area contributed by atoms with Crippen molar-refractivity contribution in [3.8, 4) is 0 Å². The van der Waals surface area contributed by atoms with Gasteiger partial charge in [-0.15, -0.1) is 11.3 Å². The summed E-state index contributed by atoms with van der Waals surface area (Å²) in [4.78, 5) is 15.8. The van der Waals surface area contributed by atoms with Gasteiger partial charge in [0.15, 0.2) is 6.04 Å². The van der Waals surface area contributed by atoms with E-state index in [4.69, 9.17) is 16.3 Å². The second kappa shape index (κ2) is 6.83. The highest BCUT2D eigenvalue weighted by Gasteiger charge is 2.24. The summed E-state index contributed by atoms with van der Waals surface area (Å²) in [5, 5.41) is 3.75. The van der Waals surface area contributed by atoms with Crippen molar-refractivity contribution < 1.29 is 9.53 Å². The summed E-state index contributed by atoms with van der Waals surface area (Å²) in [6.45, 7) is 4.91. The third-order valence-corrected chi connectivity index (χ3v) is 3.04. The number of esters is 1. The van der Waals surface area contributed by atoms with Crippen molar-refractivity contribution in [3.05, 3.63) is 15.5 Å². The molecule has 0 saturated carbocycles. The molecule has 0 amide bonds. The Hall–Kier alpha value is -0.650. The average molecular weight is 263 g/mol. The average Bonchev–Trinajstić information content (AvgIpc) is 2.66. The van der Waals surface area contributed by atoms with E-state index in [2.05, 4.69) is 10.3 Å². The standard InChI is InChI=1S/C10H15ClN2O2S/c1-3-5-12-8(10(14)15-4-2)9-13-6-7(11)16-9/h6,8,12H,3-5H2,1-2H3. The molecule has 1 aromatic heterocycles. The number of hydrogen-bond acceptors (Lipinski definition) is 5. The molecule has 0 aromatic carbocycles. The van der Waals surface area contributed by atoms with Crippen LogP contribution in [0.3, 0.4) is 0 Å². The van der Waals surface area contributed by atoms with Gasteiger partial charge in [0, 0.05) is 0 Å². The van der Waals surface area contributed by atoms with Gasteiger partial charge in [-0.25, -0.2) is 9.78 Å². The zero-order valence-corrected chi connectivity index (χ0v) is 10.9. The summed E-state index contributed by atoms with van der Waals surface area (Å²) in [6, 6.07) is -0.502. The number of aromatic nitrogens is 1. The van der Waals surface area contributed by atoms with E-state index in [-0.39, 0.29) is 5.97 Å². The summed E-state index contributed by atoms with van der Waals surface area (Å²) in [6.07, 6.45) is 2.48. The van der Waals surface area contributed by atoms with Crippen LogP contribution in [0.15, 0.2) is 6.20 Å². The van der Waals surface area contributed by atoms with Gasteiger partial charge < -0.3 is 4.74 Å². The summed E-state index contributed by atoms with van der Waals surface area (Å²) < 4.78 is 5.56. The Morgan fingerprint density at radius 1 is 1.69 bits per heavy atom. The van der Waals surface area contributed by atoms with E-state index in [9.17, 15) is 4.79 Å². The van der Waals surface area contributed by atoms with Crippen LogP contribution in [-0.2, 0) is 9.53 Å². The molecule has 1 unspecified atom stereocenters. The van der Waals surface area contributed by atoms with Gasteiger partial charge in [0.25, 0.3) is 0 Å². The van der Waals surface area contributed by atoms with Gasteiger partial charge in [-0.3, -0.25) is 5.32 Å². The van der Waals surface area contributed by atoms with Crippen molar-refractivity contribution in [1.29, 1.82) is 0 Å². The first kappa shape index (κ1) is 13.4. The van der Waals surface area contributed by atoms with E-state index < -0.39 is 6.04 Å². The lowest BCUT2D eigenvalue weighted by atomic mass is 10.3. The van der Waals surface area contributed by atoms with Crippen LogP contribution in [0.2, 0.25) is 4.34 Å². The van der Waals surface area contributed by atoms with Crippen LogP contribution < -0.4 is 5.32 Å². The van der Waals surface area contributed by atoms with Gasteiger partial charge in [-0.1, -0.05) is 18.5 Å². The van der Waals surface area contributed by atoms with Crippen molar-refractivity contribution in [2.75, 3.05) is 13.2 Å². The van der Waals surface area contributed by atoms with E-state index in [1.165, 1.54) is 11.3 Å².